The molecule has 38 heavy (non-hydrogen) atoms. The maximum Gasteiger partial charge on any atom is 0.126 e. The quantitative estimate of drug-likeness (QED) is 0.372. The van der Waals surface area contributed by atoms with Crippen LogP contribution >= 0.6 is 0 Å². The standard InChI is InChI=1S/C32H37N3O3/c1-2-8-27-19-25(13-14-26(27)7-1)22-36-30-23-37-31-11-5-3-9-28(31)20-34-17-15-33-16-18-35-21-29-10-4-6-12-32(29)38-24-30/h1-14,19,30,33-35H,15-18,20-24H2. The van der Waals surface area contributed by atoms with Gasteiger partial charge in [0.15, 0.2) is 0 Å². The zero-order valence-corrected chi connectivity index (χ0v) is 21.8. The van der Waals surface area contributed by atoms with Gasteiger partial charge in [-0.25, -0.2) is 0 Å². The van der Waals surface area contributed by atoms with E-state index >= 15 is 0 Å². The Morgan fingerprint density at radius 3 is 1.82 bits per heavy atom. The third-order valence-electron chi connectivity index (χ3n) is 6.68. The molecule has 4 aromatic carbocycles. The Morgan fingerprint density at radius 1 is 0.605 bits per heavy atom. The van der Waals surface area contributed by atoms with Gasteiger partial charge in [0.1, 0.15) is 30.8 Å². The summed E-state index contributed by atoms with van der Waals surface area (Å²) < 4.78 is 19.0. The number of hydrogen-bond acceptors (Lipinski definition) is 6. The largest absolute Gasteiger partial charge is 0.490 e. The predicted octanol–water partition coefficient (Wildman–Crippen LogP) is 4.67. The number of hydrogen-bond donors (Lipinski definition) is 3. The van der Waals surface area contributed by atoms with Crippen LogP contribution in [-0.4, -0.2) is 45.5 Å². The topological polar surface area (TPSA) is 63.8 Å². The molecular formula is C32H37N3O3. The molecule has 1 aliphatic rings. The minimum absolute atomic E-state index is 0.244. The van der Waals surface area contributed by atoms with Crippen LogP contribution in [0.2, 0.25) is 0 Å². The third kappa shape index (κ3) is 7.55. The van der Waals surface area contributed by atoms with Gasteiger partial charge in [-0.1, -0.05) is 72.8 Å². The van der Waals surface area contributed by atoms with Gasteiger partial charge in [-0.3, -0.25) is 0 Å². The molecule has 0 fully saturated rings. The summed E-state index contributed by atoms with van der Waals surface area (Å²) in [5.41, 5.74) is 3.40. The van der Waals surface area contributed by atoms with Crippen LogP contribution in [-0.2, 0) is 24.4 Å². The summed E-state index contributed by atoms with van der Waals surface area (Å²) in [5, 5.41) is 12.9. The summed E-state index contributed by atoms with van der Waals surface area (Å²) >= 11 is 0. The maximum atomic E-state index is 6.40. The molecule has 3 N–H and O–H groups in total. The van der Waals surface area contributed by atoms with Gasteiger partial charge in [0.2, 0.25) is 0 Å². The van der Waals surface area contributed by atoms with E-state index in [-0.39, 0.29) is 6.10 Å². The predicted molar refractivity (Wildman–Crippen MR) is 153 cm³/mol. The Hall–Kier alpha value is -3.42. The smallest absolute Gasteiger partial charge is 0.126 e. The maximum absolute atomic E-state index is 6.40. The molecule has 1 aliphatic heterocycles. The summed E-state index contributed by atoms with van der Waals surface area (Å²) in [6.07, 6.45) is -0.244. The van der Waals surface area contributed by atoms with Crippen LogP contribution < -0.4 is 25.4 Å². The molecule has 0 radical (unpaired) electrons. The molecule has 0 unspecified atom stereocenters. The molecule has 1 heterocycles. The van der Waals surface area contributed by atoms with Gasteiger partial charge in [0.05, 0.1) is 6.61 Å². The van der Waals surface area contributed by atoms with Gasteiger partial charge in [0.25, 0.3) is 0 Å². The summed E-state index contributed by atoms with van der Waals surface area (Å²) in [6, 6.07) is 31.2. The molecule has 0 spiro atoms. The van der Waals surface area contributed by atoms with Crippen molar-refractivity contribution in [2.24, 2.45) is 0 Å². The average molecular weight is 512 g/mol. The van der Waals surface area contributed by atoms with Crippen molar-refractivity contribution in [1.29, 1.82) is 0 Å². The Bertz CT molecular complexity index is 1240. The van der Waals surface area contributed by atoms with Crippen molar-refractivity contribution in [3.63, 3.8) is 0 Å². The molecular weight excluding hydrogens is 474 g/mol. The zero-order valence-electron chi connectivity index (χ0n) is 21.8. The summed E-state index contributed by atoms with van der Waals surface area (Å²) in [7, 11) is 0. The van der Waals surface area contributed by atoms with Crippen LogP contribution in [0.5, 0.6) is 11.5 Å². The first-order chi connectivity index (χ1) is 18.8. The number of nitrogens with one attached hydrogen (secondary N) is 3. The van der Waals surface area contributed by atoms with Gasteiger partial charge >= 0.3 is 0 Å². The van der Waals surface area contributed by atoms with Gasteiger partial charge in [-0.15, -0.1) is 0 Å². The van der Waals surface area contributed by atoms with E-state index in [1.165, 1.54) is 10.8 Å². The van der Waals surface area contributed by atoms with Crippen LogP contribution in [0.1, 0.15) is 16.7 Å². The number of fused-ring (bicyclic) bond motifs is 3. The molecule has 0 atom stereocenters. The lowest BCUT2D eigenvalue weighted by molar-refractivity contribution is -0.0170. The van der Waals surface area contributed by atoms with E-state index < -0.39 is 0 Å². The highest BCUT2D eigenvalue weighted by Crippen LogP contribution is 2.22. The first kappa shape index (κ1) is 26.2. The normalized spacial score (nSPS) is 16.3. The minimum atomic E-state index is -0.244. The Balaban J connectivity index is 1.31. The fraction of sp³-hybridized carbons (Fsp3) is 0.312. The van der Waals surface area contributed by atoms with E-state index in [1.54, 1.807) is 0 Å². The molecule has 0 aliphatic carbocycles. The second-order valence-electron chi connectivity index (χ2n) is 9.56. The summed E-state index contributed by atoms with van der Waals surface area (Å²) in [5.74, 6) is 1.75. The highest BCUT2D eigenvalue weighted by Gasteiger charge is 2.15. The van der Waals surface area contributed by atoms with Gasteiger partial charge in [0, 0.05) is 50.4 Å². The lowest BCUT2D eigenvalue weighted by atomic mass is 10.1. The summed E-state index contributed by atoms with van der Waals surface area (Å²) in [6.45, 7) is 6.39. The van der Waals surface area contributed by atoms with Crippen LogP contribution in [0, 0.1) is 0 Å². The fourth-order valence-electron chi connectivity index (χ4n) is 4.56. The van der Waals surface area contributed by atoms with Crippen molar-refractivity contribution in [3.8, 4) is 11.5 Å². The van der Waals surface area contributed by atoms with Crippen molar-refractivity contribution in [2.75, 3.05) is 39.4 Å². The molecule has 6 heteroatoms. The molecule has 4 aromatic rings. The second kappa shape index (κ2) is 13.9. The average Bonchev–Trinajstić information content (AvgIpc) is 2.96. The highest BCUT2D eigenvalue weighted by molar-refractivity contribution is 5.82. The number of benzene rings is 4. The lowest BCUT2D eigenvalue weighted by Gasteiger charge is -2.22. The van der Waals surface area contributed by atoms with Crippen molar-refractivity contribution < 1.29 is 14.2 Å². The molecule has 0 aromatic heterocycles. The fourth-order valence-corrected chi connectivity index (χ4v) is 4.56. The van der Waals surface area contributed by atoms with E-state index in [0.717, 1.165) is 67.5 Å². The first-order valence-corrected chi connectivity index (χ1v) is 13.5. The molecule has 0 bridgehead atoms. The molecule has 198 valence electrons. The molecule has 6 nitrogen and oxygen atoms in total. The molecule has 5 rings (SSSR count). The molecule has 0 amide bonds. The van der Waals surface area contributed by atoms with Crippen LogP contribution in [0.25, 0.3) is 10.8 Å². The number of ether oxygens (including phenoxy) is 3. The van der Waals surface area contributed by atoms with Crippen molar-refractivity contribution in [3.05, 3.63) is 108 Å². The van der Waals surface area contributed by atoms with Gasteiger partial charge < -0.3 is 30.2 Å². The highest BCUT2D eigenvalue weighted by atomic mass is 16.6. The van der Waals surface area contributed by atoms with Crippen molar-refractivity contribution in [2.45, 2.75) is 25.8 Å². The van der Waals surface area contributed by atoms with Crippen molar-refractivity contribution in [1.82, 2.24) is 16.0 Å². The SMILES string of the molecule is c1ccc2c(c1)CNCCNCCNCc1ccccc1OCC(OCc1ccc3ccccc3c1)CO2. The summed E-state index contributed by atoms with van der Waals surface area (Å²) in [4.78, 5) is 0. The lowest BCUT2D eigenvalue weighted by Crippen LogP contribution is -2.33. The van der Waals surface area contributed by atoms with E-state index in [9.17, 15) is 0 Å². The molecule has 0 saturated carbocycles. The zero-order chi connectivity index (χ0) is 25.8. The van der Waals surface area contributed by atoms with Gasteiger partial charge in [-0.2, -0.15) is 0 Å². The van der Waals surface area contributed by atoms with Gasteiger partial charge in [-0.05, 0) is 34.5 Å². The van der Waals surface area contributed by atoms with Crippen molar-refractivity contribution >= 4 is 10.8 Å². The van der Waals surface area contributed by atoms with Crippen LogP contribution in [0.15, 0.2) is 91.0 Å². The minimum Gasteiger partial charge on any atom is -0.490 e. The van der Waals surface area contributed by atoms with Crippen LogP contribution in [0.4, 0.5) is 0 Å². The van der Waals surface area contributed by atoms with E-state index in [1.807, 2.05) is 36.4 Å². The first-order valence-electron chi connectivity index (χ1n) is 13.5. The number of para-hydroxylation sites is 2. The monoisotopic (exact) mass is 511 g/mol. The van der Waals surface area contributed by atoms with Crippen LogP contribution in [0.3, 0.4) is 0 Å². The Labute approximate surface area is 225 Å². The third-order valence-corrected chi connectivity index (χ3v) is 6.68. The van der Waals surface area contributed by atoms with E-state index in [0.29, 0.717) is 19.8 Å². The Kier molecular flexibility index (Phi) is 9.61. The second-order valence-corrected chi connectivity index (χ2v) is 9.56. The van der Waals surface area contributed by atoms with E-state index in [2.05, 4.69) is 70.5 Å². The molecule has 0 saturated heterocycles. The van der Waals surface area contributed by atoms with E-state index in [4.69, 9.17) is 14.2 Å². The number of rotatable bonds is 3. The Morgan fingerprint density at radius 2 is 1.16 bits per heavy atom.